The van der Waals surface area contributed by atoms with E-state index in [9.17, 15) is 0 Å². The van der Waals surface area contributed by atoms with Gasteiger partial charge in [-0.15, -0.1) is 0 Å². The van der Waals surface area contributed by atoms with Gasteiger partial charge in [-0.3, -0.25) is 0 Å². The third-order valence-corrected chi connectivity index (χ3v) is 3.62. The lowest BCUT2D eigenvalue weighted by Crippen LogP contribution is -2.13. The number of nitrogens with one attached hydrogen (secondary N) is 1. The first-order chi connectivity index (χ1) is 10.6. The Morgan fingerprint density at radius 3 is 2.68 bits per heavy atom. The van der Waals surface area contributed by atoms with Gasteiger partial charge in [0.05, 0.1) is 22.3 Å². The van der Waals surface area contributed by atoms with Crippen LogP contribution in [0.1, 0.15) is 26.6 Å². The van der Waals surface area contributed by atoms with Crippen LogP contribution in [0.15, 0.2) is 30.5 Å². The summed E-state index contributed by atoms with van der Waals surface area (Å²) in [6.07, 6.45) is 2.54. The maximum absolute atomic E-state index is 6.29. The van der Waals surface area contributed by atoms with Crippen LogP contribution in [-0.4, -0.2) is 25.8 Å². The molecule has 0 spiro atoms. The van der Waals surface area contributed by atoms with E-state index in [0.29, 0.717) is 5.02 Å². The number of nitrogens with zero attached hydrogens (tertiary/aromatic N) is 4. The van der Waals surface area contributed by atoms with Crippen molar-refractivity contribution in [3.05, 3.63) is 41.3 Å². The van der Waals surface area contributed by atoms with E-state index in [1.165, 1.54) is 0 Å². The molecule has 0 saturated heterocycles. The minimum atomic E-state index is 0.284. The van der Waals surface area contributed by atoms with Gasteiger partial charge in [0.2, 0.25) is 0 Å². The van der Waals surface area contributed by atoms with Crippen molar-refractivity contribution in [1.82, 2.24) is 19.7 Å². The van der Waals surface area contributed by atoms with Gasteiger partial charge in [-0.1, -0.05) is 30.7 Å². The van der Waals surface area contributed by atoms with Crippen molar-refractivity contribution in [2.75, 3.05) is 5.32 Å². The largest absolute Gasteiger partial charge is 0.367 e. The van der Waals surface area contributed by atoms with Crippen molar-refractivity contribution in [2.45, 2.75) is 33.2 Å². The maximum atomic E-state index is 6.29. The summed E-state index contributed by atoms with van der Waals surface area (Å²) in [7, 11) is 0. The van der Waals surface area contributed by atoms with Crippen molar-refractivity contribution in [3.63, 3.8) is 0 Å². The summed E-state index contributed by atoms with van der Waals surface area (Å²) in [4.78, 5) is 9.21. The lowest BCUT2D eigenvalue weighted by molar-refractivity contribution is 0.862. The van der Waals surface area contributed by atoms with Crippen molar-refractivity contribution in [2.24, 2.45) is 0 Å². The molecule has 22 heavy (non-hydrogen) atoms. The molecule has 3 aromatic rings. The fourth-order valence-corrected chi connectivity index (χ4v) is 2.51. The van der Waals surface area contributed by atoms with E-state index in [0.717, 1.165) is 34.8 Å². The molecule has 0 aliphatic rings. The highest BCUT2D eigenvalue weighted by atomic mass is 35.5. The minimum Gasteiger partial charge on any atom is -0.367 e. The van der Waals surface area contributed by atoms with Crippen LogP contribution in [0.3, 0.4) is 0 Å². The number of hydrogen-bond acceptors (Lipinski definition) is 4. The smallest absolute Gasteiger partial charge is 0.168 e. The number of halogens is 1. The fraction of sp³-hybridized carbons (Fsp3) is 0.312. The predicted molar refractivity (Wildman–Crippen MR) is 89.8 cm³/mol. The predicted octanol–water partition coefficient (Wildman–Crippen LogP) is 3.85. The van der Waals surface area contributed by atoms with Crippen molar-refractivity contribution in [1.29, 1.82) is 0 Å². The molecule has 0 amide bonds. The van der Waals surface area contributed by atoms with Crippen LogP contribution in [0.4, 0.5) is 5.82 Å². The second-order valence-electron chi connectivity index (χ2n) is 5.39. The number of aromatic nitrogens is 4. The summed E-state index contributed by atoms with van der Waals surface area (Å²) in [5.41, 5.74) is 1.58. The maximum Gasteiger partial charge on any atom is 0.168 e. The van der Waals surface area contributed by atoms with Crippen molar-refractivity contribution in [3.8, 4) is 5.69 Å². The molecule has 0 saturated carbocycles. The first kappa shape index (κ1) is 14.8. The normalized spacial score (nSPS) is 11.3. The zero-order chi connectivity index (χ0) is 15.7. The zero-order valence-corrected chi connectivity index (χ0v) is 13.6. The zero-order valence-electron chi connectivity index (χ0n) is 12.8. The molecule has 3 rings (SSSR count). The van der Waals surface area contributed by atoms with Gasteiger partial charge in [0.25, 0.3) is 0 Å². The summed E-state index contributed by atoms with van der Waals surface area (Å²) < 4.78 is 1.77. The van der Waals surface area contributed by atoms with Gasteiger partial charge in [-0.2, -0.15) is 5.10 Å². The molecular formula is C16H18ClN5. The molecule has 0 unspecified atom stereocenters. The number of rotatable bonds is 4. The van der Waals surface area contributed by atoms with E-state index in [1.807, 2.05) is 31.2 Å². The molecule has 1 aromatic carbocycles. The second kappa shape index (κ2) is 5.93. The molecule has 0 aliphatic carbocycles. The van der Waals surface area contributed by atoms with Crippen LogP contribution in [-0.2, 0) is 6.42 Å². The Hall–Kier alpha value is -2.14. The number of hydrogen-bond donors (Lipinski definition) is 1. The number of benzene rings is 1. The van der Waals surface area contributed by atoms with Crippen LogP contribution in [0, 0.1) is 0 Å². The van der Waals surface area contributed by atoms with E-state index in [2.05, 4.69) is 34.2 Å². The number of fused-ring (bicyclic) bond motifs is 1. The van der Waals surface area contributed by atoms with E-state index in [1.54, 1.807) is 10.9 Å². The third-order valence-electron chi connectivity index (χ3n) is 3.30. The minimum absolute atomic E-state index is 0.284. The lowest BCUT2D eigenvalue weighted by Gasteiger charge is -2.11. The molecule has 5 nitrogen and oxygen atoms in total. The van der Waals surface area contributed by atoms with Crippen molar-refractivity contribution < 1.29 is 0 Å². The molecular weight excluding hydrogens is 298 g/mol. The highest BCUT2D eigenvalue weighted by Gasteiger charge is 2.15. The monoisotopic (exact) mass is 315 g/mol. The average Bonchev–Trinajstić information content (AvgIpc) is 2.91. The molecule has 2 aromatic heterocycles. The Balaban J connectivity index is 2.24. The van der Waals surface area contributed by atoms with E-state index in [-0.39, 0.29) is 6.04 Å². The quantitative estimate of drug-likeness (QED) is 0.794. The summed E-state index contributed by atoms with van der Waals surface area (Å²) in [5, 5.41) is 9.36. The molecule has 0 bridgehead atoms. The highest BCUT2D eigenvalue weighted by molar-refractivity contribution is 6.32. The van der Waals surface area contributed by atoms with Gasteiger partial charge >= 0.3 is 0 Å². The SMILES string of the molecule is CCc1nc(NC(C)C)c2cnn(-c3ccccc3Cl)c2n1. The van der Waals surface area contributed by atoms with Crippen molar-refractivity contribution >= 4 is 28.5 Å². The molecule has 0 radical (unpaired) electrons. The Labute approximate surface area is 134 Å². The first-order valence-electron chi connectivity index (χ1n) is 7.36. The van der Waals surface area contributed by atoms with Gasteiger partial charge in [0.15, 0.2) is 5.65 Å². The van der Waals surface area contributed by atoms with Gasteiger partial charge in [0.1, 0.15) is 11.6 Å². The molecule has 6 heteroatoms. The van der Waals surface area contributed by atoms with E-state index in [4.69, 9.17) is 11.6 Å². The summed E-state index contributed by atoms with van der Waals surface area (Å²) >= 11 is 6.29. The standard InChI is InChI=1S/C16H18ClN5/c1-4-14-20-15(19-10(2)3)11-9-18-22(16(11)21-14)13-8-6-5-7-12(13)17/h5-10H,4H2,1-3H3,(H,19,20,21). The number of para-hydroxylation sites is 1. The Kier molecular flexibility index (Phi) is 3.98. The van der Waals surface area contributed by atoms with Gasteiger partial charge in [0, 0.05) is 12.5 Å². The van der Waals surface area contributed by atoms with Crippen LogP contribution in [0.2, 0.25) is 5.02 Å². The summed E-state index contributed by atoms with van der Waals surface area (Å²) in [6, 6.07) is 7.89. The second-order valence-corrected chi connectivity index (χ2v) is 5.79. The molecule has 0 atom stereocenters. The molecule has 1 N–H and O–H groups in total. The van der Waals surface area contributed by atoms with E-state index < -0.39 is 0 Å². The molecule has 114 valence electrons. The molecule has 0 fully saturated rings. The summed E-state index contributed by atoms with van der Waals surface area (Å²) in [5.74, 6) is 1.60. The van der Waals surface area contributed by atoms with Gasteiger partial charge in [-0.05, 0) is 26.0 Å². The Morgan fingerprint density at radius 2 is 2.00 bits per heavy atom. The van der Waals surface area contributed by atoms with Crippen LogP contribution in [0.5, 0.6) is 0 Å². The summed E-state index contributed by atoms with van der Waals surface area (Å²) in [6.45, 7) is 6.20. The average molecular weight is 316 g/mol. The van der Waals surface area contributed by atoms with E-state index >= 15 is 0 Å². The first-order valence-corrected chi connectivity index (χ1v) is 7.74. The Morgan fingerprint density at radius 1 is 1.23 bits per heavy atom. The fourth-order valence-electron chi connectivity index (χ4n) is 2.29. The third kappa shape index (κ3) is 2.64. The number of aryl methyl sites for hydroxylation is 1. The lowest BCUT2D eigenvalue weighted by atomic mass is 10.3. The molecule has 0 aliphatic heterocycles. The van der Waals surface area contributed by atoms with Gasteiger partial charge in [-0.25, -0.2) is 14.6 Å². The Bertz CT molecular complexity index is 809. The topological polar surface area (TPSA) is 55.6 Å². The van der Waals surface area contributed by atoms with Gasteiger partial charge < -0.3 is 5.32 Å². The van der Waals surface area contributed by atoms with Crippen LogP contribution in [0.25, 0.3) is 16.7 Å². The number of anilines is 1. The van der Waals surface area contributed by atoms with Crippen LogP contribution >= 0.6 is 11.6 Å². The molecule has 2 heterocycles. The van der Waals surface area contributed by atoms with Crippen LogP contribution < -0.4 is 5.32 Å². The highest BCUT2D eigenvalue weighted by Crippen LogP contribution is 2.26.